The van der Waals surface area contributed by atoms with Crippen molar-refractivity contribution in [2.24, 2.45) is 0 Å². The van der Waals surface area contributed by atoms with Crippen molar-refractivity contribution in [1.29, 1.82) is 0 Å². The fourth-order valence-corrected chi connectivity index (χ4v) is 4.25. The van der Waals surface area contributed by atoms with E-state index in [1.807, 2.05) is 32.0 Å². The molecule has 0 radical (unpaired) electrons. The third kappa shape index (κ3) is 3.95. The lowest BCUT2D eigenvalue weighted by atomic mass is 10.0. The molecule has 2 aromatic carbocycles. The molecule has 0 spiro atoms. The van der Waals surface area contributed by atoms with Gasteiger partial charge in [0, 0.05) is 17.0 Å². The van der Waals surface area contributed by atoms with Gasteiger partial charge in [-0.2, -0.15) is 0 Å². The molecule has 1 aliphatic carbocycles. The number of hydrogen-bond donors (Lipinski definition) is 2. The molecule has 0 unspecified atom stereocenters. The Kier molecular flexibility index (Phi) is 5.57. The maximum Gasteiger partial charge on any atom is 0.322 e. The van der Waals surface area contributed by atoms with Gasteiger partial charge < -0.3 is 15.2 Å². The Labute approximate surface area is 174 Å². The van der Waals surface area contributed by atoms with Crippen molar-refractivity contribution < 1.29 is 9.18 Å². The number of carbonyl (C=O) groups excluding carboxylic acids is 1. The summed E-state index contributed by atoms with van der Waals surface area (Å²) in [6.07, 6.45) is 3.85. The van der Waals surface area contributed by atoms with Crippen LogP contribution < -0.4 is 10.9 Å². The Morgan fingerprint density at radius 2 is 1.83 bits per heavy atom. The highest BCUT2D eigenvalue weighted by molar-refractivity contribution is 5.90. The van der Waals surface area contributed by atoms with Crippen molar-refractivity contribution in [3.05, 3.63) is 75.3 Å². The number of rotatable bonds is 4. The second-order valence-electron chi connectivity index (χ2n) is 8.09. The predicted molar refractivity (Wildman–Crippen MR) is 117 cm³/mol. The van der Waals surface area contributed by atoms with Gasteiger partial charge in [0.1, 0.15) is 5.82 Å². The molecule has 2 amide bonds. The Balaban J connectivity index is 1.68. The minimum absolute atomic E-state index is 0.0328. The number of H-pyrrole nitrogens is 1. The predicted octanol–water partition coefficient (Wildman–Crippen LogP) is 5.26. The van der Waals surface area contributed by atoms with Crippen LogP contribution in [0.2, 0.25) is 0 Å². The number of aryl methyl sites for hydroxylation is 2. The Hall–Kier alpha value is -3.15. The smallest absolute Gasteiger partial charge is 0.321 e. The number of carbonyl (C=O) groups is 1. The monoisotopic (exact) mass is 407 g/mol. The number of aromatic nitrogens is 1. The van der Waals surface area contributed by atoms with Gasteiger partial charge in [-0.3, -0.25) is 4.79 Å². The number of nitrogens with one attached hydrogen (secondary N) is 2. The van der Waals surface area contributed by atoms with Gasteiger partial charge in [0.05, 0.1) is 17.7 Å². The summed E-state index contributed by atoms with van der Waals surface area (Å²) in [5.74, 6) is -0.480. The number of anilines is 1. The fourth-order valence-electron chi connectivity index (χ4n) is 4.25. The van der Waals surface area contributed by atoms with Crippen molar-refractivity contribution in [3.8, 4) is 0 Å². The highest BCUT2D eigenvalue weighted by atomic mass is 19.1. The normalized spacial score (nSPS) is 14.2. The zero-order chi connectivity index (χ0) is 21.3. The number of para-hydroxylation sites is 1. The number of fused-ring (bicyclic) bond motifs is 1. The van der Waals surface area contributed by atoms with Crippen molar-refractivity contribution in [1.82, 2.24) is 9.88 Å². The van der Waals surface area contributed by atoms with E-state index in [9.17, 15) is 14.0 Å². The number of pyridine rings is 1. The number of aromatic amines is 1. The van der Waals surface area contributed by atoms with Crippen LogP contribution in [0.3, 0.4) is 0 Å². The number of urea groups is 1. The summed E-state index contributed by atoms with van der Waals surface area (Å²) < 4.78 is 14.1. The van der Waals surface area contributed by atoms with Crippen molar-refractivity contribution in [3.63, 3.8) is 0 Å². The van der Waals surface area contributed by atoms with E-state index >= 15 is 0 Å². The molecule has 1 heterocycles. The minimum atomic E-state index is -0.480. The van der Waals surface area contributed by atoms with E-state index < -0.39 is 5.82 Å². The summed E-state index contributed by atoms with van der Waals surface area (Å²) in [7, 11) is 0. The molecule has 0 atom stereocenters. The number of hydrogen-bond acceptors (Lipinski definition) is 2. The van der Waals surface area contributed by atoms with Gasteiger partial charge in [-0.1, -0.05) is 37.1 Å². The number of amides is 2. The molecule has 0 aliphatic heterocycles. The standard InChI is InChI=1S/C24H26FN3O2/c1-15-11-12-16(2)22-19(15)13-17(23(29)27-22)14-28(18-7-3-4-8-18)24(30)26-21-10-6-5-9-20(21)25/h5-6,9-13,18H,3-4,7-8,14H2,1-2H3,(H,26,30)(H,27,29). The Morgan fingerprint density at radius 3 is 2.57 bits per heavy atom. The maximum atomic E-state index is 14.1. The van der Waals surface area contributed by atoms with Crippen LogP contribution in [0.5, 0.6) is 0 Å². The van der Waals surface area contributed by atoms with Crippen LogP contribution in [0.1, 0.15) is 42.4 Å². The Bertz CT molecular complexity index is 1150. The van der Waals surface area contributed by atoms with Crippen LogP contribution in [0.15, 0.2) is 47.3 Å². The van der Waals surface area contributed by atoms with E-state index in [-0.39, 0.29) is 29.9 Å². The van der Waals surface area contributed by atoms with E-state index in [1.165, 1.54) is 12.1 Å². The molecule has 1 aliphatic rings. The molecule has 0 saturated heterocycles. The van der Waals surface area contributed by atoms with Crippen molar-refractivity contribution in [2.45, 2.75) is 52.1 Å². The van der Waals surface area contributed by atoms with Gasteiger partial charge in [0.2, 0.25) is 0 Å². The topological polar surface area (TPSA) is 65.2 Å². The quantitative estimate of drug-likeness (QED) is 0.619. The lowest BCUT2D eigenvalue weighted by Crippen LogP contribution is -2.42. The first-order valence-corrected chi connectivity index (χ1v) is 10.4. The molecule has 4 rings (SSSR count). The molecule has 1 fully saturated rings. The van der Waals surface area contributed by atoms with Gasteiger partial charge in [0.25, 0.3) is 5.56 Å². The maximum absolute atomic E-state index is 14.1. The SMILES string of the molecule is Cc1ccc(C)c2[nH]c(=O)c(CN(C(=O)Nc3ccccc3F)C3CCCC3)cc12. The molecular formula is C24H26FN3O2. The highest BCUT2D eigenvalue weighted by Gasteiger charge is 2.28. The minimum Gasteiger partial charge on any atom is -0.321 e. The van der Waals surface area contributed by atoms with Gasteiger partial charge in [-0.05, 0) is 56.0 Å². The molecule has 5 nitrogen and oxygen atoms in total. The molecule has 6 heteroatoms. The number of benzene rings is 2. The molecule has 1 saturated carbocycles. The number of nitrogens with zero attached hydrogens (tertiary/aromatic N) is 1. The number of halogens is 1. The highest BCUT2D eigenvalue weighted by Crippen LogP contribution is 2.27. The van der Waals surface area contributed by atoms with Crippen LogP contribution in [-0.2, 0) is 6.54 Å². The summed E-state index contributed by atoms with van der Waals surface area (Å²) in [5, 5.41) is 3.66. The third-order valence-electron chi connectivity index (χ3n) is 6.00. The summed E-state index contributed by atoms with van der Waals surface area (Å²) in [5.41, 5.74) is 3.38. The molecular weight excluding hydrogens is 381 g/mol. The molecule has 0 bridgehead atoms. The first-order chi connectivity index (χ1) is 14.4. The summed E-state index contributed by atoms with van der Waals surface area (Å²) in [6, 6.07) is 11.7. The second kappa shape index (κ2) is 8.30. The van der Waals surface area contributed by atoms with Gasteiger partial charge in [0.15, 0.2) is 0 Å². The third-order valence-corrected chi connectivity index (χ3v) is 6.00. The Morgan fingerprint density at radius 1 is 1.13 bits per heavy atom. The average Bonchev–Trinajstić information content (AvgIpc) is 3.25. The van der Waals surface area contributed by atoms with E-state index in [2.05, 4.69) is 10.3 Å². The average molecular weight is 407 g/mol. The molecule has 30 heavy (non-hydrogen) atoms. The zero-order valence-corrected chi connectivity index (χ0v) is 17.3. The van der Waals surface area contributed by atoms with Gasteiger partial charge in [-0.15, -0.1) is 0 Å². The lowest BCUT2D eigenvalue weighted by molar-refractivity contribution is 0.184. The first-order valence-electron chi connectivity index (χ1n) is 10.4. The van der Waals surface area contributed by atoms with E-state index in [1.54, 1.807) is 17.0 Å². The molecule has 3 aromatic rings. The van der Waals surface area contributed by atoms with Crippen LogP contribution in [-0.4, -0.2) is 22.0 Å². The summed E-state index contributed by atoms with van der Waals surface area (Å²) >= 11 is 0. The lowest BCUT2D eigenvalue weighted by Gasteiger charge is -2.29. The summed E-state index contributed by atoms with van der Waals surface area (Å²) in [4.78, 5) is 30.6. The largest absolute Gasteiger partial charge is 0.322 e. The zero-order valence-electron chi connectivity index (χ0n) is 17.3. The molecule has 156 valence electrons. The van der Waals surface area contributed by atoms with Gasteiger partial charge >= 0.3 is 6.03 Å². The second-order valence-corrected chi connectivity index (χ2v) is 8.09. The fraction of sp³-hybridized carbons (Fsp3) is 0.333. The summed E-state index contributed by atoms with van der Waals surface area (Å²) in [6.45, 7) is 4.15. The van der Waals surface area contributed by atoms with E-state index in [0.717, 1.165) is 47.7 Å². The van der Waals surface area contributed by atoms with Crippen molar-refractivity contribution >= 4 is 22.6 Å². The van der Waals surface area contributed by atoms with E-state index in [4.69, 9.17) is 0 Å². The van der Waals surface area contributed by atoms with Crippen LogP contribution in [0.25, 0.3) is 10.9 Å². The van der Waals surface area contributed by atoms with Crippen LogP contribution >= 0.6 is 0 Å². The van der Waals surface area contributed by atoms with E-state index in [0.29, 0.717) is 5.56 Å². The van der Waals surface area contributed by atoms with Crippen LogP contribution in [0, 0.1) is 19.7 Å². The first kappa shape index (κ1) is 20.1. The van der Waals surface area contributed by atoms with Crippen molar-refractivity contribution in [2.75, 3.05) is 5.32 Å². The molecule has 2 N–H and O–H groups in total. The van der Waals surface area contributed by atoms with Gasteiger partial charge in [-0.25, -0.2) is 9.18 Å². The molecule has 1 aromatic heterocycles. The van der Waals surface area contributed by atoms with Crippen LogP contribution in [0.4, 0.5) is 14.9 Å².